The van der Waals surface area contributed by atoms with Crippen molar-refractivity contribution in [2.24, 2.45) is 5.92 Å². The van der Waals surface area contributed by atoms with Crippen molar-refractivity contribution < 1.29 is 4.74 Å². The van der Waals surface area contributed by atoms with Crippen molar-refractivity contribution >= 4 is 28.5 Å². The molecule has 3 aromatic rings. The molecule has 1 atom stereocenters. The van der Waals surface area contributed by atoms with E-state index in [4.69, 9.17) is 16.3 Å². The summed E-state index contributed by atoms with van der Waals surface area (Å²) in [7, 11) is 0. The van der Waals surface area contributed by atoms with Crippen LogP contribution in [0.25, 0.3) is 22.2 Å². The summed E-state index contributed by atoms with van der Waals surface area (Å²) in [4.78, 5) is 11.9. The van der Waals surface area contributed by atoms with E-state index in [1.165, 1.54) is 6.42 Å². The summed E-state index contributed by atoms with van der Waals surface area (Å²) in [5.74, 6) is 1.32. The Morgan fingerprint density at radius 1 is 1.38 bits per heavy atom. The maximum atomic E-state index is 6.24. The van der Waals surface area contributed by atoms with Gasteiger partial charge in [0.25, 0.3) is 0 Å². The van der Waals surface area contributed by atoms with E-state index in [1.807, 2.05) is 24.4 Å². The van der Waals surface area contributed by atoms with E-state index in [1.54, 1.807) is 6.20 Å². The third-order valence-electron chi connectivity index (χ3n) is 4.38. The lowest BCUT2D eigenvalue weighted by atomic mass is 10.0. The van der Waals surface area contributed by atoms with Gasteiger partial charge in [-0.2, -0.15) is 0 Å². The van der Waals surface area contributed by atoms with Crippen molar-refractivity contribution in [1.29, 1.82) is 0 Å². The van der Waals surface area contributed by atoms with Crippen LogP contribution in [0.3, 0.4) is 0 Å². The van der Waals surface area contributed by atoms with Gasteiger partial charge in [0.05, 0.1) is 6.61 Å². The van der Waals surface area contributed by atoms with E-state index in [2.05, 4.69) is 26.3 Å². The average Bonchev–Trinajstić information content (AvgIpc) is 3.05. The molecule has 0 amide bonds. The second-order valence-electron chi connectivity index (χ2n) is 6.13. The zero-order valence-electron chi connectivity index (χ0n) is 13.3. The quantitative estimate of drug-likeness (QED) is 0.700. The number of nitrogens with zero attached hydrogens (tertiary/aromatic N) is 2. The molecule has 1 aliphatic heterocycles. The summed E-state index contributed by atoms with van der Waals surface area (Å²) in [6.45, 7) is 2.54. The molecule has 0 spiro atoms. The summed E-state index contributed by atoms with van der Waals surface area (Å²) in [5.41, 5.74) is 2.97. The second kappa shape index (κ2) is 6.79. The van der Waals surface area contributed by atoms with Crippen LogP contribution in [0.15, 0.2) is 36.7 Å². The Balaban J connectivity index is 1.59. The highest BCUT2D eigenvalue weighted by Crippen LogP contribution is 2.30. The highest BCUT2D eigenvalue weighted by molar-refractivity contribution is 6.29. The smallest absolute Gasteiger partial charge is 0.137 e. The fraction of sp³-hybridized carbons (Fsp3) is 0.333. The largest absolute Gasteiger partial charge is 0.381 e. The summed E-state index contributed by atoms with van der Waals surface area (Å²) in [6, 6.07) is 7.90. The van der Waals surface area contributed by atoms with Crippen molar-refractivity contribution in [3.05, 3.63) is 41.8 Å². The molecule has 24 heavy (non-hydrogen) atoms. The fourth-order valence-corrected chi connectivity index (χ4v) is 3.36. The molecule has 124 valence electrons. The minimum atomic E-state index is 0.480. The minimum Gasteiger partial charge on any atom is -0.381 e. The van der Waals surface area contributed by atoms with Crippen molar-refractivity contribution in [3.63, 3.8) is 0 Å². The maximum Gasteiger partial charge on any atom is 0.137 e. The van der Waals surface area contributed by atoms with Gasteiger partial charge in [0, 0.05) is 36.5 Å². The molecular formula is C18H19ClN4O. The first-order valence-electron chi connectivity index (χ1n) is 8.21. The Hall–Kier alpha value is -2.11. The fourth-order valence-electron chi connectivity index (χ4n) is 3.16. The molecule has 0 bridgehead atoms. The topological polar surface area (TPSA) is 62.8 Å². The third-order valence-corrected chi connectivity index (χ3v) is 4.58. The molecule has 6 heteroatoms. The van der Waals surface area contributed by atoms with Crippen LogP contribution in [0.2, 0.25) is 5.15 Å². The SMILES string of the molecule is Clc1cc(-c2c[nH]c3ncccc23)cc(NCC2CCCOC2)n1. The number of aromatic amines is 1. The molecule has 2 N–H and O–H groups in total. The van der Waals surface area contributed by atoms with E-state index >= 15 is 0 Å². The monoisotopic (exact) mass is 342 g/mol. The lowest BCUT2D eigenvalue weighted by molar-refractivity contribution is 0.0595. The number of fused-ring (bicyclic) bond motifs is 1. The zero-order valence-corrected chi connectivity index (χ0v) is 14.0. The number of rotatable bonds is 4. The Kier molecular flexibility index (Phi) is 4.36. The van der Waals surface area contributed by atoms with Crippen molar-refractivity contribution in [2.75, 3.05) is 25.1 Å². The van der Waals surface area contributed by atoms with Crippen LogP contribution in [0.4, 0.5) is 5.82 Å². The predicted molar refractivity (Wildman–Crippen MR) is 96.4 cm³/mol. The second-order valence-corrected chi connectivity index (χ2v) is 6.52. The number of aromatic nitrogens is 3. The highest BCUT2D eigenvalue weighted by atomic mass is 35.5. The van der Waals surface area contributed by atoms with E-state index in [9.17, 15) is 0 Å². The van der Waals surface area contributed by atoms with Gasteiger partial charge in [-0.1, -0.05) is 11.6 Å². The third kappa shape index (κ3) is 3.23. The van der Waals surface area contributed by atoms with E-state index in [0.29, 0.717) is 11.1 Å². The van der Waals surface area contributed by atoms with Gasteiger partial charge in [0.2, 0.25) is 0 Å². The molecule has 4 rings (SSSR count). The van der Waals surface area contributed by atoms with Crippen molar-refractivity contribution in [3.8, 4) is 11.1 Å². The molecule has 5 nitrogen and oxygen atoms in total. The van der Waals surface area contributed by atoms with Crippen LogP contribution in [0, 0.1) is 5.92 Å². The van der Waals surface area contributed by atoms with Gasteiger partial charge in [0.15, 0.2) is 0 Å². The Morgan fingerprint density at radius 3 is 3.21 bits per heavy atom. The van der Waals surface area contributed by atoms with Gasteiger partial charge in [-0.25, -0.2) is 9.97 Å². The lowest BCUT2D eigenvalue weighted by Crippen LogP contribution is -2.24. The van der Waals surface area contributed by atoms with Gasteiger partial charge >= 0.3 is 0 Å². The minimum absolute atomic E-state index is 0.480. The van der Waals surface area contributed by atoms with Crippen LogP contribution in [0.5, 0.6) is 0 Å². The van der Waals surface area contributed by atoms with Crippen LogP contribution < -0.4 is 5.32 Å². The molecule has 3 aromatic heterocycles. The van der Waals surface area contributed by atoms with Gasteiger partial charge in [-0.3, -0.25) is 0 Å². The molecular weight excluding hydrogens is 324 g/mol. The van der Waals surface area contributed by atoms with E-state index < -0.39 is 0 Å². The van der Waals surface area contributed by atoms with Crippen molar-refractivity contribution in [2.45, 2.75) is 12.8 Å². The van der Waals surface area contributed by atoms with Crippen LogP contribution in [-0.2, 0) is 4.74 Å². The van der Waals surface area contributed by atoms with E-state index in [-0.39, 0.29) is 0 Å². The lowest BCUT2D eigenvalue weighted by Gasteiger charge is -2.22. The molecule has 0 aliphatic carbocycles. The van der Waals surface area contributed by atoms with Gasteiger partial charge < -0.3 is 15.0 Å². The number of hydrogen-bond donors (Lipinski definition) is 2. The molecule has 4 heterocycles. The zero-order chi connectivity index (χ0) is 16.4. The molecule has 0 aromatic carbocycles. The number of hydrogen-bond acceptors (Lipinski definition) is 4. The Labute approximate surface area is 145 Å². The standard InChI is InChI=1S/C18H19ClN4O/c19-16-7-13(15-10-22-18-14(15)4-1-5-20-18)8-17(23-16)21-9-12-3-2-6-24-11-12/h1,4-5,7-8,10,12H,2-3,6,9,11H2,(H,20,22)(H,21,23). The first kappa shape index (κ1) is 15.4. The van der Waals surface area contributed by atoms with Crippen LogP contribution >= 0.6 is 11.6 Å². The number of nitrogens with one attached hydrogen (secondary N) is 2. The molecule has 1 aliphatic rings. The summed E-state index contributed by atoms with van der Waals surface area (Å²) in [5, 5.41) is 4.96. The van der Waals surface area contributed by atoms with Gasteiger partial charge in [0.1, 0.15) is 16.6 Å². The van der Waals surface area contributed by atoms with Crippen LogP contribution in [0.1, 0.15) is 12.8 Å². The maximum absolute atomic E-state index is 6.24. The number of halogens is 1. The van der Waals surface area contributed by atoms with Gasteiger partial charge in [-0.05, 0) is 48.6 Å². The number of ether oxygens (including phenoxy) is 1. The molecule has 0 saturated carbocycles. The molecule has 1 saturated heterocycles. The Bertz CT molecular complexity index is 842. The summed E-state index contributed by atoms with van der Waals surface area (Å²) < 4.78 is 5.53. The van der Waals surface area contributed by atoms with Crippen LogP contribution in [-0.4, -0.2) is 34.7 Å². The van der Waals surface area contributed by atoms with Crippen molar-refractivity contribution in [1.82, 2.24) is 15.0 Å². The summed E-state index contributed by atoms with van der Waals surface area (Å²) in [6.07, 6.45) is 6.06. The first-order valence-corrected chi connectivity index (χ1v) is 8.59. The molecule has 1 unspecified atom stereocenters. The number of pyridine rings is 2. The highest BCUT2D eigenvalue weighted by Gasteiger charge is 2.14. The van der Waals surface area contributed by atoms with Gasteiger partial charge in [-0.15, -0.1) is 0 Å². The Morgan fingerprint density at radius 2 is 2.33 bits per heavy atom. The normalized spacial score (nSPS) is 18.0. The molecule has 0 radical (unpaired) electrons. The number of H-pyrrole nitrogens is 1. The summed E-state index contributed by atoms with van der Waals surface area (Å²) >= 11 is 6.24. The average molecular weight is 343 g/mol. The predicted octanol–water partition coefficient (Wildman–Crippen LogP) is 4.12. The van der Waals surface area contributed by atoms with E-state index in [0.717, 1.165) is 54.2 Å². The first-order chi connectivity index (χ1) is 11.8. The number of anilines is 1. The molecule has 1 fully saturated rings.